The number of aliphatic hydroxyl groups excluding tert-OH is 1. The van der Waals surface area contributed by atoms with E-state index in [4.69, 9.17) is 5.73 Å². The second-order valence-corrected chi connectivity index (χ2v) is 6.43. The molecule has 0 spiro atoms. The molecule has 2 unspecified atom stereocenters. The van der Waals surface area contributed by atoms with Crippen LogP contribution in [-0.2, 0) is 12.8 Å². The number of rotatable bonds is 4. The first kappa shape index (κ1) is 16.0. The monoisotopic (exact) mass is 310 g/mol. The molecule has 1 aliphatic rings. The third kappa shape index (κ3) is 2.99. The zero-order chi connectivity index (χ0) is 16.4. The van der Waals surface area contributed by atoms with Crippen molar-refractivity contribution in [2.24, 2.45) is 5.73 Å². The maximum atomic E-state index is 10.7. The summed E-state index contributed by atoms with van der Waals surface area (Å²) in [6, 6.07) is 16.7. The van der Waals surface area contributed by atoms with Crippen LogP contribution in [0, 0.1) is 0 Å². The van der Waals surface area contributed by atoms with Gasteiger partial charge in [-0.05, 0) is 49.4 Å². The first-order chi connectivity index (χ1) is 11.1. The van der Waals surface area contributed by atoms with Crippen LogP contribution in [0.2, 0.25) is 0 Å². The minimum absolute atomic E-state index is 0.0784. The Kier molecular flexibility index (Phi) is 4.69. The van der Waals surface area contributed by atoms with Crippen molar-refractivity contribution in [2.75, 3.05) is 4.90 Å². The standard InChI is InChI=1S/C20H26N2O/c1-3-17(21)20(23)14(2)22-18-10-6-4-8-15(18)12-13-16-9-5-7-11-19(16)22/h4-11,14,17,20,23H,3,12-13,21H2,1-2H3/t14?,17-,20?/m0/s1. The second kappa shape index (κ2) is 6.73. The molecule has 1 heterocycles. The van der Waals surface area contributed by atoms with Gasteiger partial charge in [-0.3, -0.25) is 0 Å². The molecule has 0 saturated carbocycles. The average molecular weight is 310 g/mol. The van der Waals surface area contributed by atoms with Gasteiger partial charge in [0.1, 0.15) is 0 Å². The molecule has 2 aromatic carbocycles. The van der Waals surface area contributed by atoms with Crippen molar-refractivity contribution in [3.8, 4) is 0 Å². The van der Waals surface area contributed by atoms with Crippen molar-refractivity contribution in [1.29, 1.82) is 0 Å². The first-order valence-corrected chi connectivity index (χ1v) is 8.52. The van der Waals surface area contributed by atoms with E-state index >= 15 is 0 Å². The Morgan fingerprint density at radius 2 is 1.48 bits per heavy atom. The minimum Gasteiger partial charge on any atom is -0.389 e. The molecule has 3 nitrogen and oxygen atoms in total. The van der Waals surface area contributed by atoms with E-state index < -0.39 is 6.10 Å². The van der Waals surface area contributed by atoms with Crippen LogP contribution < -0.4 is 10.6 Å². The summed E-state index contributed by atoms with van der Waals surface area (Å²) in [4.78, 5) is 2.28. The lowest BCUT2D eigenvalue weighted by molar-refractivity contribution is 0.120. The molecule has 3 atom stereocenters. The van der Waals surface area contributed by atoms with Crippen LogP contribution in [0.4, 0.5) is 11.4 Å². The maximum absolute atomic E-state index is 10.7. The smallest absolute Gasteiger partial charge is 0.0895 e. The minimum atomic E-state index is -0.570. The molecule has 3 N–H and O–H groups in total. The largest absolute Gasteiger partial charge is 0.389 e. The molecule has 0 fully saturated rings. The van der Waals surface area contributed by atoms with E-state index in [9.17, 15) is 5.11 Å². The van der Waals surface area contributed by atoms with Crippen LogP contribution in [0.5, 0.6) is 0 Å². The SMILES string of the molecule is CC[C@H](N)C(O)C(C)N1c2ccccc2CCc2ccccc21. The van der Waals surface area contributed by atoms with Crippen LogP contribution in [0.15, 0.2) is 48.5 Å². The normalized spacial score (nSPS) is 17.7. The number of hydrogen-bond acceptors (Lipinski definition) is 3. The highest BCUT2D eigenvalue weighted by Crippen LogP contribution is 2.38. The summed E-state index contributed by atoms with van der Waals surface area (Å²) in [7, 11) is 0. The molecule has 3 rings (SSSR count). The number of fused-ring (bicyclic) bond motifs is 2. The van der Waals surface area contributed by atoms with Gasteiger partial charge in [0, 0.05) is 17.4 Å². The summed E-state index contributed by atoms with van der Waals surface area (Å²) in [5.41, 5.74) is 11.2. The fraction of sp³-hybridized carbons (Fsp3) is 0.400. The van der Waals surface area contributed by atoms with E-state index in [-0.39, 0.29) is 12.1 Å². The number of benzene rings is 2. The quantitative estimate of drug-likeness (QED) is 0.910. The fourth-order valence-electron chi connectivity index (χ4n) is 3.50. The Balaban J connectivity index is 2.10. The van der Waals surface area contributed by atoms with E-state index in [1.807, 2.05) is 6.92 Å². The highest BCUT2D eigenvalue weighted by atomic mass is 16.3. The predicted molar refractivity (Wildman–Crippen MR) is 96.2 cm³/mol. The fourth-order valence-corrected chi connectivity index (χ4v) is 3.50. The molecule has 1 aliphatic heterocycles. The van der Waals surface area contributed by atoms with Gasteiger partial charge in [0.15, 0.2) is 0 Å². The van der Waals surface area contributed by atoms with Gasteiger partial charge in [0.2, 0.25) is 0 Å². The van der Waals surface area contributed by atoms with E-state index in [0.29, 0.717) is 0 Å². The maximum Gasteiger partial charge on any atom is 0.0895 e. The van der Waals surface area contributed by atoms with Gasteiger partial charge in [-0.2, -0.15) is 0 Å². The Labute approximate surface area is 138 Å². The summed E-state index contributed by atoms with van der Waals surface area (Å²) >= 11 is 0. The second-order valence-electron chi connectivity index (χ2n) is 6.43. The third-order valence-electron chi connectivity index (χ3n) is 4.98. The van der Waals surface area contributed by atoms with Crippen LogP contribution in [-0.4, -0.2) is 23.3 Å². The van der Waals surface area contributed by atoms with Gasteiger partial charge in [0.25, 0.3) is 0 Å². The molecule has 0 bridgehead atoms. The number of nitrogens with two attached hydrogens (primary N) is 1. The van der Waals surface area contributed by atoms with Gasteiger partial charge in [-0.25, -0.2) is 0 Å². The Morgan fingerprint density at radius 3 is 1.96 bits per heavy atom. The predicted octanol–water partition coefficient (Wildman–Crippen LogP) is 3.41. The van der Waals surface area contributed by atoms with E-state index in [2.05, 4.69) is 60.4 Å². The molecule has 0 saturated heterocycles. The molecule has 0 aliphatic carbocycles. The number of aliphatic hydroxyl groups is 1. The summed E-state index contributed by atoms with van der Waals surface area (Å²) < 4.78 is 0. The van der Waals surface area contributed by atoms with Gasteiger partial charge in [-0.1, -0.05) is 43.3 Å². The van der Waals surface area contributed by atoms with Gasteiger partial charge < -0.3 is 15.7 Å². The molecule has 2 aromatic rings. The number of hydrogen-bond donors (Lipinski definition) is 2. The van der Waals surface area contributed by atoms with Crippen molar-refractivity contribution >= 4 is 11.4 Å². The lowest BCUT2D eigenvalue weighted by Gasteiger charge is -2.37. The third-order valence-corrected chi connectivity index (χ3v) is 4.98. The lowest BCUT2D eigenvalue weighted by Crippen LogP contribution is -2.48. The molecule has 0 radical (unpaired) electrons. The Morgan fingerprint density at radius 1 is 1.00 bits per heavy atom. The van der Waals surface area contributed by atoms with E-state index in [1.54, 1.807) is 0 Å². The number of para-hydroxylation sites is 2. The summed E-state index contributed by atoms with van der Waals surface area (Å²) in [5, 5.41) is 10.7. The zero-order valence-corrected chi connectivity index (χ0v) is 13.9. The van der Waals surface area contributed by atoms with Crippen molar-refractivity contribution in [1.82, 2.24) is 0 Å². The van der Waals surface area contributed by atoms with E-state index in [0.717, 1.165) is 19.3 Å². The summed E-state index contributed by atoms with van der Waals surface area (Å²) in [6.07, 6.45) is 2.24. The molecule has 0 amide bonds. The number of nitrogens with zero attached hydrogens (tertiary/aromatic N) is 1. The van der Waals surface area contributed by atoms with Crippen molar-refractivity contribution in [2.45, 2.75) is 51.3 Å². The molecule has 122 valence electrons. The Hall–Kier alpha value is -1.84. The molecule has 0 aromatic heterocycles. The summed E-state index contributed by atoms with van der Waals surface area (Å²) in [5.74, 6) is 0. The van der Waals surface area contributed by atoms with Gasteiger partial charge >= 0.3 is 0 Å². The van der Waals surface area contributed by atoms with Crippen molar-refractivity contribution in [3.63, 3.8) is 0 Å². The van der Waals surface area contributed by atoms with Crippen molar-refractivity contribution in [3.05, 3.63) is 59.7 Å². The first-order valence-electron chi connectivity index (χ1n) is 8.52. The molecular formula is C20H26N2O. The topological polar surface area (TPSA) is 49.5 Å². The van der Waals surface area contributed by atoms with Gasteiger partial charge in [0.05, 0.1) is 12.1 Å². The van der Waals surface area contributed by atoms with Crippen LogP contribution in [0.1, 0.15) is 31.4 Å². The van der Waals surface area contributed by atoms with Gasteiger partial charge in [-0.15, -0.1) is 0 Å². The zero-order valence-electron chi connectivity index (χ0n) is 13.9. The number of anilines is 2. The van der Waals surface area contributed by atoms with Crippen molar-refractivity contribution < 1.29 is 5.11 Å². The average Bonchev–Trinajstić information content (AvgIpc) is 2.76. The number of aryl methyl sites for hydroxylation is 2. The lowest BCUT2D eigenvalue weighted by atomic mass is 9.99. The highest BCUT2D eigenvalue weighted by Gasteiger charge is 2.30. The summed E-state index contributed by atoms with van der Waals surface area (Å²) in [6.45, 7) is 4.09. The highest BCUT2D eigenvalue weighted by molar-refractivity contribution is 5.72. The van der Waals surface area contributed by atoms with Crippen LogP contribution >= 0.6 is 0 Å². The molecule has 23 heavy (non-hydrogen) atoms. The van der Waals surface area contributed by atoms with Crippen LogP contribution in [0.3, 0.4) is 0 Å². The van der Waals surface area contributed by atoms with Crippen LogP contribution in [0.25, 0.3) is 0 Å². The van der Waals surface area contributed by atoms with E-state index in [1.165, 1.54) is 22.5 Å². The molecular weight excluding hydrogens is 284 g/mol. The Bertz CT molecular complexity index is 623. The molecule has 3 heteroatoms.